The van der Waals surface area contributed by atoms with Crippen molar-refractivity contribution < 1.29 is 9.13 Å². The van der Waals surface area contributed by atoms with Crippen molar-refractivity contribution in [3.05, 3.63) is 40.2 Å². The molecule has 0 saturated heterocycles. The van der Waals surface area contributed by atoms with Crippen LogP contribution >= 0.6 is 11.3 Å². The summed E-state index contributed by atoms with van der Waals surface area (Å²) in [5.74, 6) is 0.0979. The lowest BCUT2D eigenvalue weighted by Crippen LogP contribution is -1.98. The van der Waals surface area contributed by atoms with Crippen molar-refractivity contribution in [1.82, 2.24) is 9.97 Å². The zero-order valence-corrected chi connectivity index (χ0v) is 8.92. The number of aryl methyl sites for hydroxylation is 1. The Kier molecular flexibility index (Phi) is 2.91. The Balaban J connectivity index is 2.02. The Labute approximate surface area is 90.6 Å². The molecule has 0 bridgehead atoms. The molecule has 5 heteroatoms. The smallest absolute Gasteiger partial charge is 0.214 e. The highest BCUT2D eigenvalue weighted by atomic mass is 32.1. The van der Waals surface area contributed by atoms with Crippen molar-refractivity contribution in [3.8, 4) is 5.88 Å². The molecule has 2 rings (SSSR count). The molecule has 0 spiro atoms. The second-order valence-corrected chi connectivity index (χ2v) is 3.91. The molecule has 0 saturated carbocycles. The summed E-state index contributed by atoms with van der Waals surface area (Å²) in [4.78, 5) is 8.01. The Morgan fingerprint density at radius 2 is 2.33 bits per heavy atom. The van der Waals surface area contributed by atoms with Gasteiger partial charge in [-0.05, 0) is 13.0 Å². The Bertz CT molecular complexity index is 445. The zero-order chi connectivity index (χ0) is 10.7. The lowest BCUT2D eigenvalue weighted by Gasteiger charge is -2.03. The Morgan fingerprint density at radius 3 is 3.00 bits per heavy atom. The minimum absolute atomic E-state index is 0.323. The van der Waals surface area contributed by atoms with Crippen molar-refractivity contribution in [2.24, 2.45) is 0 Å². The van der Waals surface area contributed by atoms with E-state index < -0.39 is 0 Å². The monoisotopic (exact) mass is 224 g/mol. The number of hydrogen-bond acceptors (Lipinski definition) is 4. The van der Waals surface area contributed by atoms with Gasteiger partial charge in [-0.2, -0.15) is 0 Å². The van der Waals surface area contributed by atoms with Crippen LogP contribution in [0.5, 0.6) is 5.88 Å². The number of pyridine rings is 1. The first-order valence-corrected chi connectivity index (χ1v) is 5.28. The van der Waals surface area contributed by atoms with Crippen LogP contribution in [-0.4, -0.2) is 9.97 Å². The minimum Gasteiger partial charge on any atom is -0.470 e. The van der Waals surface area contributed by atoms with Gasteiger partial charge in [-0.3, -0.25) is 0 Å². The molecule has 0 aliphatic rings. The Morgan fingerprint density at radius 1 is 1.47 bits per heavy atom. The number of aromatic nitrogens is 2. The molecule has 0 radical (unpaired) electrons. The van der Waals surface area contributed by atoms with E-state index in [0.29, 0.717) is 18.2 Å². The fourth-order valence-corrected chi connectivity index (χ4v) is 1.59. The van der Waals surface area contributed by atoms with E-state index in [1.54, 1.807) is 13.1 Å². The van der Waals surface area contributed by atoms with E-state index in [1.807, 2.05) is 5.38 Å². The second-order valence-electron chi connectivity index (χ2n) is 2.93. The molecule has 3 nitrogen and oxygen atoms in total. The third-order valence-electron chi connectivity index (χ3n) is 1.82. The van der Waals surface area contributed by atoms with Crippen LogP contribution in [0, 0.1) is 12.7 Å². The van der Waals surface area contributed by atoms with Crippen LogP contribution in [0.25, 0.3) is 0 Å². The summed E-state index contributed by atoms with van der Waals surface area (Å²) in [6.45, 7) is 1.97. The van der Waals surface area contributed by atoms with E-state index in [0.717, 1.165) is 5.01 Å². The largest absolute Gasteiger partial charge is 0.470 e. The molecule has 78 valence electrons. The van der Waals surface area contributed by atoms with Crippen LogP contribution in [0.15, 0.2) is 23.7 Å². The first-order chi connectivity index (χ1) is 7.25. The molecular formula is C10H9FN2OS. The predicted octanol–water partition coefficient (Wildman–Crippen LogP) is 2.56. The third kappa shape index (κ3) is 2.50. The molecule has 0 aromatic carbocycles. The molecule has 0 amide bonds. The van der Waals surface area contributed by atoms with Crippen LogP contribution in [0.2, 0.25) is 0 Å². The maximum Gasteiger partial charge on any atom is 0.214 e. The van der Waals surface area contributed by atoms with E-state index in [2.05, 4.69) is 9.97 Å². The van der Waals surface area contributed by atoms with Gasteiger partial charge in [0.25, 0.3) is 0 Å². The van der Waals surface area contributed by atoms with Gasteiger partial charge < -0.3 is 4.74 Å². The quantitative estimate of drug-likeness (QED) is 0.803. The SMILES string of the molecule is Cc1nc(OCc2nccs2)ccc1F. The van der Waals surface area contributed by atoms with E-state index in [-0.39, 0.29) is 5.82 Å². The fraction of sp³-hybridized carbons (Fsp3) is 0.200. The number of nitrogens with zero attached hydrogens (tertiary/aromatic N) is 2. The van der Waals surface area contributed by atoms with Crippen molar-refractivity contribution in [2.45, 2.75) is 13.5 Å². The van der Waals surface area contributed by atoms with Gasteiger partial charge in [0, 0.05) is 17.6 Å². The minimum atomic E-state index is -0.323. The second kappa shape index (κ2) is 4.35. The highest BCUT2D eigenvalue weighted by molar-refractivity contribution is 7.09. The lowest BCUT2D eigenvalue weighted by molar-refractivity contribution is 0.291. The highest BCUT2D eigenvalue weighted by Gasteiger charge is 2.02. The molecule has 0 unspecified atom stereocenters. The van der Waals surface area contributed by atoms with Gasteiger partial charge in [-0.15, -0.1) is 11.3 Å². The van der Waals surface area contributed by atoms with Crippen LogP contribution < -0.4 is 4.74 Å². The summed E-state index contributed by atoms with van der Waals surface area (Å²) >= 11 is 1.51. The van der Waals surface area contributed by atoms with Gasteiger partial charge in [-0.25, -0.2) is 14.4 Å². The molecule has 2 aromatic rings. The number of rotatable bonds is 3. The van der Waals surface area contributed by atoms with Crippen LogP contribution in [0.4, 0.5) is 4.39 Å². The summed E-state index contributed by atoms with van der Waals surface area (Å²) in [6, 6.07) is 2.86. The first-order valence-electron chi connectivity index (χ1n) is 4.40. The summed E-state index contributed by atoms with van der Waals surface area (Å²) in [5, 5.41) is 2.75. The molecule has 0 N–H and O–H groups in total. The van der Waals surface area contributed by atoms with Gasteiger partial charge in [0.2, 0.25) is 5.88 Å². The molecule has 2 aromatic heterocycles. The molecule has 0 atom stereocenters. The van der Waals surface area contributed by atoms with E-state index in [1.165, 1.54) is 23.5 Å². The topological polar surface area (TPSA) is 35.0 Å². The van der Waals surface area contributed by atoms with Gasteiger partial charge in [0.15, 0.2) is 0 Å². The number of hydrogen-bond donors (Lipinski definition) is 0. The number of ether oxygens (including phenoxy) is 1. The van der Waals surface area contributed by atoms with Crippen molar-refractivity contribution in [2.75, 3.05) is 0 Å². The average molecular weight is 224 g/mol. The third-order valence-corrected chi connectivity index (χ3v) is 2.58. The summed E-state index contributed by atoms with van der Waals surface area (Å²) < 4.78 is 18.2. The molecule has 0 aliphatic heterocycles. The number of thiazole rings is 1. The highest BCUT2D eigenvalue weighted by Crippen LogP contribution is 2.13. The maximum absolute atomic E-state index is 12.9. The van der Waals surface area contributed by atoms with Gasteiger partial charge >= 0.3 is 0 Å². The maximum atomic E-state index is 12.9. The molecule has 0 fully saturated rings. The predicted molar refractivity (Wildman–Crippen MR) is 55.4 cm³/mol. The Hall–Kier alpha value is -1.49. The fourth-order valence-electron chi connectivity index (χ4n) is 1.06. The standard InChI is InChI=1S/C10H9FN2OS/c1-7-8(11)2-3-9(13-7)14-6-10-12-4-5-15-10/h2-5H,6H2,1H3. The van der Waals surface area contributed by atoms with E-state index in [4.69, 9.17) is 4.74 Å². The summed E-state index contributed by atoms with van der Waals surface area (Å²) in [6.07, 6.45) is 1.71. The average Bonchev–Trinajstić information content (AvgIpc) is 2.73. The zero-order valence-electron chi connectivity index (χ0n) is 8.11. The van der Waals surface area contributed by atoms with Gasteiger partial charge in [0.1, 0.15) is 17.4 Å². The number of halogens is 1. The van der Waals surface area contributed by atoms with Crippen LogP contribution in [-0.2, 0) is 6.61 Å². The van der Waals surface area contributed by atoms with E-state index >= 15 is 0 Å². The lowest BCUT2D eigenvalue weighted by atomic mass is 10.3. The van der Waals surface area contributed by atoms with E-state index in [9.17, 15) is 4.39 Å². The van der Waals surface area contributed by atoms with Crippen LogP contribution in [0.1, 0.15) is 10.7 Å². The summed E-state index contributed by atoms with van der Waals surface area (Å²) in [7, 11) is 0. The molecule has 15 heavy (non-hydrogen) atoms. The molecular weight excluding hydrogens is 215 g/mol. The van der Waals surface area contributed by atoms with Crippen molar-refractivity contribution >= 4 is 11.3 Å². The van der Waals surface area contributed by atoms with Gasteiger partial charge in [0.05, 0.1) is 5.69 Å². The normalized spacial score (nSPS) is 10.3. The van der Waals surface area contributed by atoms with Crippen LogP contribution in [0.3, 0.4) is 0 Å². The summed E-state index contributed by atoms with van der Waals surface area (Å²) in [5.41, 5.74) is 0.339. The molecule has 2 heterocycles. The van der Waals surface area contributed by atoms with Gasteiger partial charge in [-0.1, -0.05) is 0 Å². The first kappa shape index (κ1) is 10.0. The van der Waals surface area contributed by atoms with Crippen molar-refractivity contribution in [3.63, 3.8) is 0 Å². The van der Waals surface area contributed by atoms with Crippen molar-refractivity contribution in [1.29, 1.82) is 0 Å². The molecule has 0 aliphatic carbocycles.